The minimum absolute atomic E-state index is 0.255. The Hall–Kier alpha value is -2.37. The first-order valence-corrected chi connectivity index (χ1v) is 7.21. The predicted molar refractivity (Wildman–Crippen MR) is 81.2 cm³/mol. The van der Waals surface area contributed by atoms with Crippen molar-refractivity contribution in [2.75, 3.05) is 23.8 Å². The Morgan fingerprint density at radius 3 is 3.10 bits per heavy atom. The fourth-order valence-electron chi connectivity index (χ4n) is 2.79. The Morgan fingerprint density at radius 2 is 2.33 bits per heavy atom. The summed E-state index contributed by atoms with van der Waals surface area (Å²) >= 11 is 0. The van der Waals surface area contributed by atoms with Crippen LogP contribution in [-0.4, -0.2) is 28.1 Å². The molecule has 0 aliphatic carbocycles. The van der Waals surface area contributed by atoms with Gasteiger partial charge < -0.3 is 15.4 Å². The highest BCUT2D eigenvalue weighted by atomic mass is 16.5. The van der Waals surface area contributed by atoms with E-state index in [1.165, 1.54) is 11.9 Å². The summed E-state index contributed by atoms with van der Waals surface area (Å²) in [6, 6.07) is 4.31. The van der Waals surface area contributed by atoms with Crippen molar-refractivity contribution in [1.82, 2.24) is 15.0 Å². The lowest BCUT2D eigenvalue weighted by Gasteiger charge is -2.27. The van der Waals surface area contributed by atoms with Crippen LogP contribution >= 0.6 is 0 Å². The van der Waals surface area contributed by atoms with Crippen molar-refractivity contribution in [3.8, 4) is 5.88 Å². The highest BCUT2D eigenvalue weighted by Gasteiger charge is 2.29. The molecule has 2 aromatic rings. The lowest BCUT2D eigenvalue weighted by molar-refractivity contribution is 0.328. The third kappa shape index (κ3) is 2.61. The first-order chi connectivity index (χ1) is 10.3. The fourth-order valence-corrected chi connectivity index (χ4v) is 2.79. The van der Waals surface area contributed by atoms with Crippen LogP contribution in [0.25, 0.3) is 0 Å². The molecule has 2 N–H and O–H groups in total. The molecule has 1 saturated heterocycles. The zero-order valence-electron chi connectivity index (χ0n) is 12.1. The van der Waals surface area contributed by atoms with Gasteiger partial charge in [0, 0.05) is 18.9 Å². The molecule has 1 fully saturated rings. The molecular formula is C15H19N5O. The van der Waals surface area contributed by atoms with Crippen molar-refractivity contribution >= 4 is 11.5 Å². The Bertz CT molecular complexity index is 604. The lowest BCUT2D eigenvalue weighted by atomic mass is 10.1. The van der Waals surface area contributed by atoms with Crippen molar-refractivity contribution in [3.05, 3.63) is 36.4 Å². The van der Waals surface area contributed by atoms with Gasteiger partial charge in [0.05, 0.1) is 12.6 Å². The summed E-state index contributed by atoms with van der Waals surface area (Å²) in [5.41, 5.74) is 7.88. The maximum Gasteiger partial charge on any atom is 0.242 e. The van der Waals surface area contributed by atoms with E-state index in [9.17, 15) is 0 Å². The van der Waals surface area contributed by atoms with Gasteiger partial charge in [0.15, 0.2) is 5.82 Å². The Balaban J connectivity index is 1.94. The maximum absolute atomic E-state index is 6.18. The van der Waals surface area contributed by atoms with Gasteiger partial charge in [-0.15, -0.1) is 0 Å². The van der Waals surface area contributed by atoms with Gasteiger partial charge in [-0.2, -0.15) is 4.98 Å². The molecule has 3 heterocycles. The molecule has 0 radical (unpaired) electrons. The van der Waals surface area contributed by atoms with Crippen molar-refractivity contribution in [3.63, 3.8) is 0 Å². The molecule has 6 nitrogen and oxygen atoms in total. The zero-order chi connectivity index (χ0) is 14.7. The van der Waals surface area contributed by atoms with Crippen LogP contribution in [0.15, 0.2) is 30.9 Å². The van der Waals surface area contributed by atoms with E-state index in [0.29, 0.717) is 18.2 Å². The molecular weight excluding hydrogens is 266 g/mol. The summed E-state index contributed by atoms with van der Waals surface area (Å²) in [5, 5.41) is 0. The molecule has 1 aliphatic rings. The van der Waals surface area contributed by atoms with Crippen LogP contribution in [0.4, 0.5) is 11.5 Å². The van der Waals surface area contributed by atoms with Crippen molar-refractivity contribution in [2.45, 2.75) is 25.8 Å². The van der Waals surface area contributed by atoms with Gasteiger partial charge >= 0.3 is 0 Å². The number of rotatable bonds is 4. The van der Waals surface area contributed by atoms with Crippen molar-refractivity contribution < 1.29 is 4.74 Å². The second kappa shape index (κ2) is 5.95. The van der Waals surface area contributed by atoms with E-state index in [-0.39, 0.29) is 6.04 Å². The van der Waals surface area contributed by atoms with Gasteiger partial charge in [-0.05, 0) is 31.4 Å². The van der Waals surface area contributed by atoms with Crippen LogP contribution in [0, 0.1) is 0 Å². The van der Waals surface area contributed by atoms with E-state index < -0.39 is 0 Å². The van der Waals surface area contributed by atoms with Crippen LogP contribution in [0.2, 0.25) is 0 Å². The highest BCUT2D eigenvalue weighted by Crippen LogP contribution is 2.39. The van der Waals surface area contributed by atoms with Crippen LogP contribution < -0.4 is 15.4 Å². The van der Waals surface area contributed by atoms with Gasteiger partial charge in [-0.1, -0.05) is 6.07 Å². The molecule has 1 unspecified atom stereocenters. The summed E-state index contributed by atoms with van der Waals surface area (Å²) in [4.78, 5) is 14.9. The molecule has 0 spiro atoms. The van der Waals surface area contributed by atoms with Gasteiger partial charge in [-0.3, -0.25) is 4.98 Å². The number of hydrogen-bond donors (Lipinski definition) is 1. The van der Waals surface area contributed by atoms with Crippen molar-refractivity contribution in [2.24, 2.45) is 0 Å². The molecule has 0 bridgehead atoms. The van der Waals surface area contributed by atoms with Crippen LogP contribution in [0.1, 0.15) is 31.4 Å². The molecule has 3 rings (SSSR count). The third-order valence-electron chi connectivity index (χ3n) is 3.70. The molecule has 6 heteroatoms. The molecule has 0 aromatic carbocycles. The van der Waals surface area contributed by atoms with Crippen LogP contribution in [0.5, 0.6) is 5.88 Å². The van der Waals surface area contributed by atoms with Gasteiger partial charge in [0.1, 0.15) is 12.0 Å². The zero-order valence-corrected chi connectivity index (χ0v) is 12.1. The number of nitrogen functional groups attached to an aromatic ring is 1. The molecule has 2 aromatic heterocycles. The standard InChI is InChI=1S/C15H19N5O/c1-2-21-15-13(16)14(18-10-19-15)20-8-4-6-12(20)11-5-3-7-17-9-11/h3,5,7,9-10,12H,2,4,6,8,16H2,1H3. The monoisotopic (exact) mass is 285 g/mol. The molecule has 1 atom stereocenters. The fraction of sp³-hybridized carbons (Fsp3) is 0.400. The lowest BCUT2D eigenvalue weighted by Crippen LogP contribution is -2.25. The topological polar surface area (TPSA) is 77.2 Å². The number of aromatic nitrogens is 3. The van der Waals surface area contributed by atoms with E-state index in [1.807, 2.05) is 19.2 Å². The molecule has 21 heavy (non-hydrogen) atoms. The second-order valence-corrected chi connectivity index (χ2v) is 4.99. The number of hydrogen-bond acceptors (Lipinski definition) is 6. The minimum atomic E-state index is 0.255. The van der Waals surface area contributed by atoms with E-state index in [4.69, 9.17) is 10.5 Å². The van der Waals surface area contributed by atoms with E-state index in [0.717, 1.165) is 25.2 Å². The first-order valence-electron chi connectivity index (χ1n) is 7.21. The number of anilines is 2. The van der Waals surface area contributed by atoms with Gasteiger partial charge in [0.25, 0.3) is 0 Å². The number of nitrogens with two attached hydrogens (primary N) is 1. The van der Waals surface area contributed by atoms with Crippen LogP contribution in [0.3, 0.4) is 0 Å². The summed E-state index contributed by atoms with van der Waals surface area (Å²) in [6.45, 7) is 3.37. The Kier molecular flexibility index (Phi) is 3.85. The summed E-state index contributed by atoms with van der Waals surface area (Å²) in [6.07, 6.45) is 7.38. The minimum Gasteiger partial charge on any atom is -0.476 e. The number of pyridine rings is 1. The Labute approximate surface area is 124 Å². The first kappa shape index (κ1) is 13.6. The second-order valence-electron chi connectivity index (χ2n) is 4.99. The van der Waals surface area contributed by atoms with E-state index in [1.54, 1.807) is 6.20 Å². The maximum atomic E-state index is 6.18. The van der Waals surface area contributed by atoms with Gasteiger partial charge in [0.2, 0.25) is 5.88 Å². The third-order valence-corrected chi connectivity index (χ3v) is 3.70. The van der Waals surface area contributed by atoms with Gasteiger partial charge in [-0.25, -0.2) is 4.98 Å². The normalized spacial score (nSPS) is 18.0. The molecule has 0 saturated carbocycles. The molecule has 110 valence electrons. The number of ether oxygens (including phenoxy) is 1. The SMILES string of the molecule is CCOc1ncnc(N2CCCC2c2cccnc2)c1N. The van der Waals surface area contributed by atoms with Crippen molar-refractivity contribution in [1.29, 1.82) is 0 Å². The average Bonchev–Trinajstić information content (AvgIpc) is 3.00. The molecule has 0 amide bonds. The van der Waals surface area contributed by atoms with E-state index in [2.05, 4.69) is 25.9 Å². The molecule has 1 aliphatic heterocycles. The number of nitrogens with zero attached hydrogens (tertiary/aromatic N) is 4. The Morgan fingerprint density at radius 1 is 1.43 bits per heavy atom. The van der Waals surface area contributed by atoms with E-state index >= 15 is 0 Å². The summed E-state index contributed by atoms with van der Waals surface area (Å²) < 4.78 is 5.46. The smallest absolute Gasteiger partial charge is 0.242 e. The summed E-state index contributed by atoms with van der Waals surface area (Å²) in [5.74, 6) is 1.21. The summed E-state index contributed by atoms with van der Waals surface area (Å²) in [7, 11) is 0. The average molecular weight is 285 g/mol. The van der Waals surface area contributed by atoms with Crippen LogP contribution in [-0.2, 0) is 0 Å². The quantitative estimate of drug-likeness (QED) is 0.928. The predicted octanol–water partition coefficient (Wildman–Crippen LogP) is 2.19. The largest absolute Gasteiger partial charge is 0.476 e. The highest BCUT2D eigenvalue weighted by molar-refractivity contribution is 5.68.